The van der Waals surface area contributed by atoms with Gasteiger partial charge in [0, 0.05) is 32.1 Å². The third kappa shape index (κ3) is 3.67. The van der Waals surface area contributed by atoms with E-state index in [-0.39, 0.29) is 5.41 Å². The van der Waals surface area contributed by atoms with E-state index in [1.807, 2.05) is 0 Å². The summed E-state index contributed by atoms with van der Waals surface area (Å²) in [5.41, 5.74) is 3.85. The number of aryl methyl sites for hydroxylation is 1. The molecule has 3 heteroatoms. The highest BCUT2D eigenvalue weighted by molar-refractivity contribution is 7.99. The molecule has 2 heterocycles. The predicted octanol–water partition coefficient (Wildman–Crippen LogP) is 5.49. The van der Waals surface area contributed by atoms with Crippen molar-refractivity contribution in [3.63, 3.8) is 0 Å². The highest BCUT2D eigenvalue weighted by atomic mass is 32.2. The van der Waals surface area contributed by atoms with E-state index < -0.39 is 0 Å². The van der Waals surface area contributed by atoms with Crippen molar-refractivity contribution in [2.45, 2.75) is 43.0 Å². The van der Waals surface area contributed by atoms with Gasteiger partial charge in [-0.15, -0.1) is 0 Å². The molecule has 2 N–H and O–H groups in total. The number of hydrogen-bond acceptors (Lipinski definition) is 1. The Morgan fingerprint density at radius 3 is 2.21 bits per heavy atom. The zero-order valence-corrected chi connectivity index (χ0v) is 17.7. The molecule has 28 heavy (non-hydrogen) atoms. The molecular formula is C25H26N2S. The molecule has 4 aromatic rings. The zero-order chi connectivity index (χ0) is 19.9. The summed E-state index contributed by atoms with van der Waals surface area (Å²) >= 11 is 1.78. The molecule has 0 fully saturated rings. The summed E-state index contributed by atoms with van der Waals surface area (Å²) in [6.07, 6.45) is 2.18. The third-order valence-corrected chi connectivity index (χ3v) is 6.08. The summed E-state index contributed by atoms with van der Waals surface area (Å²) in [4.78, 5) is 8.22. The van der Waals surface area contributed by atoms with E-state index in [1.54, 1.807) is 11.8 Å². The van der Waals surface area contributed by atoms with Crippen LogP contribution in [0.2, 0.25) is 0 Å². The molecule has 0 radical (unpaired) electrons. The number of rotatable bonds is 3. The lowest BCUT2D eigenvalue weighted by molar-refractivity contribution is 0.590. The van der Waals surface area contributed by atoms with Crippen molar-refractivity contribution in [1.82, 2.24) is 9.97 Å². The first-order valence-corrected chi connectivity index (χ1v) is 10.4. The van der Waals surface area contributed by atoms with E-state index in [9.17, 15) is 0 Å². The van der Waals surface area contributed by atoms with Crippen molar-refractivity contribution in [2.75, 3.05) is 0 Å². The van der Waals surface area contributed by atoms with Crippen LogP contribution in [0.3, 0.4) is 0 Å². The molecule has 0 bridgehead atoms. The summed E-state index contributed by atoms with van der Waals surface area (Å²) < 4.78 is 0. The number of H-pyrrole nitrogens is 2. The van der Waals surface area contributed by atoms with Gasteiger partial charge in [0.05, 0.1) is 5.03 Å². The van der Waals surface area contributed by atoms with Crippen LogP contribution in [0.4, 0.5) is 0 Å². The Morgan fingerprint density at radius 1 is 0.929 bits per heavy atom. The van der Waals surface area contributed by atoms with Crippen molar-refractivity contribution in [2.24, 2.45) is 0 Å². The minimum absolute atomic E-state index is 0.172. The summed E-state index contributed by atoms with van der Waals surface area (Å²) in [6, 6.07) is 19.5. The molecule has 0 saturated carbocycles. The highest BCUT2D eigenvalue weighted by Gasteiger charge is 2.14. The second-order valence-corrected chi connectivity index (χ2v) is 9.41. The van der Waals surface area contributed by atoms with Gasteiger partial charge in [0.25, 0.3) is 0 Å². The van der Waals surface area contributed by atoms with E-state index >= 15 is 0 Å². The predicted molar refractivity (Wildman–Crippen MR) is 121 cm³/mol. The SMILES string of the molecule is C=c1cc(C)c(=Cc2[nH]c(Sc3ccc(C(C)(C)C)cc3)c3ccccc23)[nH]1. The standard InChI is InChI=1S/C25H26N2S/c1-16-14-17(2)26-22(16)15-23-20-8-6-7-9-21(20)24(27-23)28-19-12-10-18(11-13-19)25(3,4)5/h6-15,26-27H,2H2,1,3-5H3. The monoisotopic (exact) mass is 386 g/mol. The Labute approximate surface area is 170 Å². The molecule has 0 aliphatic carbocycles. The summed E-state index contributed by atoms with van der Waals surface area (Å²) in [5, 5.41) is 5.69. The molecule has 0 aliphatic heterocycles. The summed E-state index contributed by atoms with van der Waals surface area (Å²) in [5.74, 6) is 0. The van der Waals surface area contributed by atoms with E-state index in [0.717, 1.165) is 16.4 Å². The van der Waals surface area contributed by atoms with Gasteiger partial charge in [0.2, 0.25) is 0 Å². The van der Waals surface area contributed by atoms with Crippen LogP contribution >= 0.6 is 11.8 Å². The molecule has 0 aliphatic rings. The average Bonchev–Trinajstić information content (AvgIpc) is 3.15. The number of aromatic amines is 2. The minimum Gasteiger partial charge on any atom is -0.356 e. The molecular weight excluding hydrogens is 360 g/mol. The molecule has 0 unspecified atom stereocenters. The number of nitrogens with one attached hydrogen (secondary N) is 2. The quantitative estimate of drug-likeness (QED) is 0.479. The minimum atomic E-state index is 0.172. The molecule has 2 aromatic heterocycles. The second kappa shape index (κ2) is 7.06. The van der Waals surface area contributed by atoms with Gasteiger partial charge in [0.1, 0.15) is 0 Å². The fraction of sp³-hybridized carbons (Fsp3) is 0.200. The van der Waals surface area contributed by atoms with Gasteiger partial charge in [0.15, 0.2) is 0 Å². The Morgan fingerprint density at radius 2 is 1.61 bits per heavy atom. The maximum atomic E-state index is 4.00. The van der Waals surface area contributed by atoms with E-state index in [4.69, 9.17) is 0 Å². The van der Waals surface area contributed by atoms with Crippen molar-refractivity contribution in [3.05, 3.63) is 82.1 Å². The van der Waals surface area contributed by atoms with Gasteiger partial charge in [-0.1, -0.05) is 75.5 Å². The van der Waals surface area contributed by atoms with E-state index in [0.29, 0.717) is 0 Å². The molecule has 2 aromatic carbocycles. The van der Waals surface area contributed by atoms with Crippen LogP contribution in [0.15, 0.2) is 64.5 Å². The Hall–Kier alpha value is -2.65. The van der Waals surface area contributed by atoms with Crippen LogP contribution in [0.25, 0.3) is 23.4 Å². The summed E-state index contributed by atoms with van der Waals surface area (Å²) in [6.45, 7) is 12.8. The lowest BCUT2D eigenvalue weighted by atomic mass is 9.87. The first-order valence-electron chi connectivity index (χ1n) is 9.57. The highest BCUT2D eigenvalue weighted by Crippen LogP contribution is 2.35. The second-order valence-electron chi connectivity index (χ2n) is 8.33. The number of fused-ring (bicyclic) bond motifs is 1. The van der Waals surface area contributed by atoms with Crippen LogP contribution < -0.4 is 10.7 Å². The smallest absolute Gasteiger partial charge is 0.0854 e. The molecule has 4 rings (SSSR count). The Bertz CT molecular complexity index is 1230. The molecule has 2 nitrogen and oxygen atoms in total. The van der Waals surface area contributed by atoms with Gasteiger partial charge in [-0.3, -0.25) is 0 Å². The van der Waals surface area contributed by atoms with Gasteiger partial charge in [-0.25, -0.2) is 0 Å². The third-order valence-electron chi connectivity index (χ3n) is 5.05. The van der Waals surface area contributed by atoms with Crippen LogP contribution in [0, 0.1) is 6.92 Å². The van der Waals surface area contributed by atoms with E-state index in [2.05, 4.69) is 105 Å². The van der Waals surface area contributed by atoms with Crippen molar-refractivity contribution in [3.8, 4) is 0 Å². The molecule has 0 atom stereocenters. The number of aromatic nitrogens is 2. The van der Waals surface area contributed by atoms with Crippen molar-refractivity contribution >= 4 is 35.2 Å². The maximum Gasteiger partial charge on any atom is 0.0854 e. The van der Waals surface area contributed by atoms with Crippen molar-refractivity contribution < 1.29 is 0 Å². The van der Waals surface area contributed by atoms with Gasteiger partial charge in [-0.2, -0.15) is 0 Å². The Balaban J connectivity index is 1.75. The number of hydrogen-bond donors (Lipinski definition) is 2. The van der Waals surface area contributed by atoms with Crippen molar-refractivity contribution in [1.29, 1.82) is 0 Å². The van der Waals surface area contributed by atoms with E-state index in [1.165, 1.54) is 31.8 Å². The van der Waals surface area contributed by atoms with Gasteiger partial charge < -0.3 is 9.97 Å². The lowest BCUT2D eigenvalue weighted by Crippen LogP contribution is -2.10. The van der Waals surface area contributed by atoms with Crippen LogP contribution in [0.5, 0.6) is 0 Å². The lowest BCUT2D eigenvalue weighted by Gasteiger charge is -2.18. The maximum absolute atomic E-state index is 4.00. The van der Waals surface area contributed by atoms with Crippen LogP contribution in [-0.4, -0.2) is 9.97 Å². The average molecular weight is 387 g/mol. The first-order chi connectivity index (χ1) is 13.3. The largest absolute Gasteiger partial charge is 0.356 e. The molecule has 0 spiro atoms. The Kier molecular flexibility index (Phi) is 4.72. The zero-order valence-electron chi connectivity index (χ0n) is 16.9. The topological polar surface area (TPSA) is 31.6 Å². The van der Waals surface area contributed by atoms with Crippen LogP contribution in [0.1, 0.15) is 37.6 Å². The van der Waals surface area contributed by atoms with Crippen LogP contribution in [-0.2, 0) is 5.41 Å². The molecule has 142 valence electrons. The molecule has 0 saturated heterocycles. The number of benzene rings is 2. The molecule has 0 amide bonds. The normalized spacial score (nSPS) is 12.8. The first kappa shape index (κ1) is 18.7. The van der Waals surface area contributed by atoms with Gasteiger partial charge in [-0.05, 0) is 47.7 Å². The fourth-order valence-electron chi connectivity index (χ4n) is 3.45. The fourth-order valence-corrected chi connectivity index (χ4v) is 4.41. The summed E-state index contributed by atoms with van der Waals surface area (Å²) in [7, 11) is 0. The van der Waals surface area contributed by atoms with Gasteiger partial charge >= 0.3 is 0 Å².